The van der Waals surface area contributed by atoms with E-state index in [4.69, 9.17) is 0 Å². The van der Waals surface area contributed by atoms with Crippen LogP contribution >= 0.6 is 0 Å². The molecule has 98 valence electrons. The maximum absolute atomic E-state index is 11.7. The summed E-state index contributed by atoms with van der Waals surface area (Å²) >= 11 is 0. The first-order valence-electron chi connectivity index (χ1n) is 6.26. The lowest BCUT2D eigenvalue weighted by Gasteiger charge is -2.16. The van der Waals surface area contributed by atoms with Crippen molar-refractivity contribution in [2.24, 2.45) is 0 Å². The van der Waals surface area contributed by atoms with Gasteiger partial charge in [0.2, 0.25) is 10.0 Å². The number of nitrogens with one attached hydrogen (secondary N) is 2. The highest BCUT2D eigenvalue weighted by Gasteiger charge is 2.15. The van der Waals surface area contributed by atoms with Crippen molar-refractivity contribution in [3.8, 4) is 0 Å². The van der Waals surface area contributed by atoms with Crippen LogP contribution in [0.2, 0.25) is 0 Å². The highest BCUT2D eigenvalue weighted by molar-refractivity contribution is 7.89. The second-order valence-corrected chi connectivity index (χ2v) is 5.91. The van der Waals surface area contributed by atoms with Crippen molar-refractivity contribution in [1.82, 2.24) is 10.0 Å². The molecule has 0 saturated heterocycles. The van der Waals surface area contributed by atoms with E-state index >= 15 is 0 Å². The summed E-state index contributed by atoms with van der Waals surface area (Å²) in [5, 5.41) is 3.12. The van der Waals surface area contributed by atoms with Crippen LogP contribution in [0.3, 0.4) is 0 Å². The number of hydrogen-bond acceptors (Lipinski definition) is 3. The third kappa shape index (κ3) is 8.07. The predicted octanol–water partition coefficient (Wildman–Crippen LogP) is 1.48. The minimum absolute atomic E-state index is 0.106. The minimum Gasteiger partial charge on any atom is -0.317 e. The van der Waals surface area contributed by atoms with Gasteiger partial charge in [-0.3, -0.25) is 0 Å². The van der Waals surface area contributed by atoms with Crippen LogP contribution in [0.15, 0.2) is 0 Å². The molecule has 1 unspecified atom stereocenters. The zero-order valence-corrected chi connectivity index (χ0v) is 11.6. The second kappa shape index (κ2) is 8.96. The van der Waals surface area contributed by atoms with Crippen molar-refractivity contribution < 1.29 is 8.42 Å². The normalized spacial score (nSPS) is 13.9. The molecule has 0 rings (SSSR count). The smallest absolute Gasteiger partial charge is 0.211 e. The second-order valence-electron chi connectivity index (χ2n) is 4.04. The minimum atomic E-state index is -3.09. The molecule has 0 bridgehead atoms. The molecule has 1 atom stereocenters. The van der Waals surface area contributed by atoms with Gasteiger partial charge in [-0.2, -0.15) is 0 Å². The average molecular weight is 250 g/mol. The molecular weight excluding hydrogens is 224 g/mol. The van der Waals surface area contributed by atoms with Gasteiger partial charge in [0.1, 0.15) is 0 Å². The molecule has 0 aromatic heterocycles. The van der Waals surface area contributed by atoms with E-state index in [1.807, 2.05) is 13.8 Å². The molecule has 0 spiro atoms. The first kappa shape index (κ1) is 15.9. The topological polar surface area (TPSA) is 58.2 Å². The van der Waals surface area contributed by atoms with Gasteiger partial charge in [-0.1, -0.05) is 27.2 Å². The quantitative estimate of drug-likeness (QED) is 0.577. The van der Waals surface area contributed by atoms with E-state index in [1.54, 1.807) is 0 Å². The van der Waals surface area contributed by atoms with E-state index in [2.05, 4.69) is 17.0 Å². The van der Waals surface area contributed by atoms with E-state index in [9.17, 15) is 8.42 Å². The molecule has 0 aliphatic carbocycles. The molecule has 4 nitrogen and oxygen atoms in total. The fourth-order valence-electron chi connectivity index (χ4n) is 1.57. The SMILES string of the molecule is CCCC(CC)NS(=O)(=O)CCCNCC. The Hall–Kier alpha value is -0.130. The lowest BCUT2D eigenvalue weighted by molar-refractivity contribution is 0.510. The predicted molar refractivity (Wildman–Crippen MR) is 69.1 cm³/mol. The Balaban J connectivity index is 3.92. The first-order valence-corrected chi connectivity index (χ1v) is 7.91. The van der Waals surface area contributed by atoms with Crippen molar-refractivity contribution in [2.75, 3.05) is 18.8 Å². The van der Waals surface area contributed by atoms with Crippen molar-refractivity contribution in [2.45, 2.75) is 52.5 Å². The van der Waals surface area contributed by atoms with Crippen LogP contribution in [0.1, 0.15) is 46.5 Å². The molecule has 0 fully saturated rings. The molecule has 0 aromatic carbocycles. The van der Waals surface area contributed by atoms with E-state index in [0.717, 1.165) is 32.4 Å². The molecule has 0 saturated carbocycles. The van der Waals surface area contributed by atoms with Crippen molar-refractivity contribution in [1.29, 1.82) is 0 Å². The largest absolute Gasteiger partial charge is 0.317 e. The van der Waals surface area contributed by atoms with Crippen LogP contribution in [0.25, 0.3) is 0 Å². The fourth-order valence-corrected chi connectivity index (χ4v) is 3.01. The van der Waals surface area contributed by atoms with Gasteiger partial charge >= 0.3 is 0 Å². The Labute approximate surface area is 100 Å². The Bertz CT molecular complexity index is 253. The van der Waals surface area contributed by atoms with Gasteiger partial charge in [-0.15, -0.1) is 0 Å². The molecule has 5 heteroatoms. The number of sulfonamides is 1. The summed E-state index contributed by atoms with van der Waals surface area (Å²) in [6.45, 7) is 7.76. The Morgan fingerprint density at radius 3 is 2.38 bits per heavy atom. The van der Waals surface area contributed by atoms with Gasteiger partial charge in [-0.05, 0) is 32.4 Å². The standard InChI is InChI=1S/C11H26N2O2S/c1-4-8-11(5-2)13-16(14,15)10-7-9-12-6-3/h11-13H,4-10H2,1-3H3. The van der Waals surface area contributed by atoms with Crippen LogP contribution in [0, 0.1) is 0 Å². The van der Waals surface area contributed by atoms with E-state index in [-0.39, 0.29) is 11.8 Å². The third-order valence-corrected chi connectivity index (χ3v) is 4.01. The third-order valence-electron chi connectivity index (χ3n) is 2.49. The fraction of sp³-hybridized carbons (Fsp3) is 1.00. The van der Waals surface area contributed by atoms with E-state index < -0.39 is 10.0 Å². The molecule has 16 heavy (non-hydrogen) atoms. The van der Waals surface area contributed by atoms with Crippen LogP contribution in [-0.4, -0.2) is 33.3 Å². The molecule has 2 N–H and O–H groups in total. The Kier molecular flexibility index (Phi) is 8.89. The summed E-state index contributed by atoms with van der Waals surface area (Å²) in [6.07, 6.45) is 3.47. The van der Waals surface area contributed by atoms with Crippen LogP contribution in [0.4, 0.5) is 0 Å². The van der Waals surface area contributed by atoms with Gasteiger partial charge in [0.15, 0.2) is 0 Å². The Morgan fingerprint density at radius 1 is 1.19 bits per heavy atom. The lowest BCUT2D eigenvalue weighted by Crippen LogP contribution is -2.36. The van der Waals surface area contributed by atoms with Crippen molar-refractivity contribution in [3.05, 3.63) is 0 Å². The van der Waals surface area contributed by atoms with Crippen LogP contribution < -0.4 is 10.0 Å². The number of rotatable bonds is 10. The first-order chi connectivity index (χ1) is 7.55. The molecule has 0 aliphatic rings. The van der Waals surface area contributed by atoms with Crippen molar-refractivity contribution in [3.63, 3.8) is 0 Å². The van der Waals surface area contributed by atoms with Gasteiger partial charge in [0.25, 0.3) is 0 Å². The molecule has 0 aliphatic heterocycles. The molecule has 0 amide bonds. The number of hydrogen-bond donors (Lipinski definition) is 2. The Morgan fingerprint density at radius 2 is 1.88 bits per heavy atom. The summed E-state index contributed by atoms with van der Waals surface area (Å²) in [6, 6.07) is 0.106. The zero-order chi connectivity index (χ0) is 12.4. The zero-order valence-electron chi connectivity index (χ0n) is 10.8. The van der Waals surface area contributed by atoms with Gasteiger partial charge in [-0.25, -0.2) is 13.1 Å². The summed E-state index contributed by atoms with van der Waals surface area (Å²) in [5.74, 6) is 0.222. The monoisotopic (exact) mass is 250 g/mol. The van der Waals surface area contributed by atoms with Crippen LogP contribution in [-0.2, 0) is 10.0 Å². The lowest BCUT2D eigenvalue weighted by atomic mass is 10.1. The molecule has 0 radical (unpaired) electrons. The maximum Gasteiger partial charge on any atom is 0.211 e. The highest BCUT2D eigenvalue weighted by atomic mass is 32.2. The average Bonchev–Trinajstić information content (AvgIpc) is 2.23. The van der Waals surface area contributed by atoms with Gasteiger partial charge in [0.05, 0.1) is 5.75 Å². The van der Waals surface area contributed by atoms with E-state index in [1.165, 1.54) is 0 Å². The molecular formula is C11H26N2O2S. The van der Waals surface area contributed by atoms with Crippen molar-refractivity contribution >= 4 is 10.0 Å². The molecule has 0 heterocycles. The summed E-state index contributed by atoms with van der Waals surface area (Å²) in [4.78, 5) is 0. The maximum atomic E-state index is 11.7. The summed E-state index contributed by atoms with van der Waals surface area (Å²) in [7, 11) is -3.09. The summed E-state index contributed by atoms with van der Waals surface area (Å²) < 4.78 is 26.2. The summed E-state index contributed by atoms with van der Waals surface area (Å²) in [5.41, 5.74) is 0. The van der Waals surface area contributed by atoms with E-state index in [0.29, 0.717) is 6.42 Å². The van der Waals surface area contributed by atoms with Crippen LogP contribution in [0.5, 0.6) is 0 Å². The highest BCUT2D eigenvalue weighted by Crippen LogP contribution is 2.03. The van der Waals surface area contributed by atoms with Gasteiger partial charge < -0.3 is 5.32 Å². The molecule has 0 aromatic rings. The van der Waals surface area contributed by atoms with Gasteiger partial charge in [0, 0.05) is 6.04 Å².